The fourth-order valence-electron chi connectivity index (χ4n) is 2.77. The molecule has 0 aliphatic carbocycles. The van der Waals surface area contributed by atoms with E-state index in [-0.39, 0.29) is 17.8 Å². The van der Waals surface area contributed by atoms with Gasteiger partial charge >= 0.3 is 5.97 Å². The fraction of sp³-hybridized carbons (Fsp3) is 0.211. The second-order valence-electron chi connectivity index (χ2n) is 6.55. The van der Waals surface area contributed by atoms with E-state index in [1.165, 1.54) is 23.1 Å². The number of hydrogen-bond donors (Lipinski definition) is 2. The molecule has 8 heteroatoms. The molecule has 7 nitrogen and oxygen atoms in total. The fourth-order valence-corrected chi connectivity index (χ4v) is 2.96. The van der Waals surface area contributed by atoms with Crippen molar-refractivity contribution in [2.75, 3.05) is 16.8 Å². The molecule has 0 saturated carbocycles. The van der Waals surface area contributed by atoms with Crippen LogP contribution in [0.5, 0.6) is 5.75 Å². The van der Waals surface area contributed by atoms with Crippen LogP contribution >= 0.6 is 11.6 Å². The van der Waals surface area contributed by atoms with Crippen molar-refractivity contribution in [3.05, 3.63) is 53.1 Å². The number of anilines is 2. The Labute approximate surface area is 160 Å². The van der Waals surface area contributed by atoms with Crippen LogP contribution in [0.3, 0.4) is 0 Å². The number of fused-ring (bicyclic) bond motifs is 1. The van der Waals surface area contributed by atoms with Gasteiger partial charge in [0, 0.05) is 10.7 Å². The summed E-state index contributed by atoms with van der Waals surface area (Å²) in [5.41, 5.74) is -0.466. The minimum atomic E-state index is -1.19. The molecule has 27 heavy (non-hydrogen) atoms. The number of carbonyl (C=O) groups is 3. The highest BCUT2D eigenvalue weighted by molar-refractivity contribution is 6.30. The smallest absolute Gasteiger partial charge is 0.335 e. The normalized spacial score (nSPS) is 14.9. The van der Waals surface area contributed by atoms with E-state index in [4.69, 9.17) is 16.3 Å². The van der Waals surface area contributed by atoms with E-state index in [2.05, 4.69) is 5.32 Å². The van der Waals surface area contributed by atoms with Crippen LogP contribution in [0.25, 0.3) is 0 Å². The molecule has 0 fully saturated rings. The van der Waals surface area contributed by atoms with Crippen LogP contribution in [0.2, 0.25) is 5.02 Å². The molecular formula is C19H17ClN2O5. The monoisotopic (exact) mass is 388 g/mol. The first-order valence-electron chi connectivity index (χ1n) is 8.11. The van der Waals surface area contributed by atoms with Gasteiger partial charge in [0.05, 0.1) is 11.3 Å². The van der Waals surface area contributed by atoms with Crippen LogP contribution in [0, 0.1) is 0 Å². The highest BCUT2D eigenvalue weighted by Crippen LogP contribution is 2.38. The lowest BCUT2D eigenvalue weighted by atomic mass is 10.0. The Morgan fingerprint density at radius 3 is 2.63 bits per heavy atom. The van der Waals surface area contributed by atoms with E-state index in [1.807, 2.05) is 0 Å². The number of nitrogens with zero attached hydrogens (tertiary/aromatic N) is 1. The van der Waals surface area contributed by atoms with Gasteiger partial charge in [-0.15, -0.1) is 0 Å². The summed E-state index contributed by atoms with van der Waals surface area (Å²) in [5, 5.41) is 12.3. The third kappa shape index (κ3) is 3.88. The van der Waals surface area contributed by atoms with Gasteiger partial charge in [0.2, 0.25) is 5.91 Å². The number of halogens is 1. The third-order valence-electron chi connectivity index (χ3n) is 4.03. The molecule has 2 N–H and O–H groups in total. The van der Waals surface area contributed by atoms with Crippen molar-refractivity contribution < 1.29 is 24.2 Å². The largest absolute Gasteiger partial charge is 0.478 e. The third-order valence-corrected chi connectivity index (χ3v) is 4.27. The number of benzene rings is 2. The van der Waals surface area contributed by atoms with Crippen molar-refractivity contribution in [1.82, 2.24) is 0 Å². The summed E-state index contributed by atoms with van der Waals surface area (Å²) in [6, 6.07) is 10.8. The number of aromatic carboxylic acids is 1. The molecule has 0 aromatic heterocycles. The molecule has 0 atom stereocenters. The Morgan fingerprint density at radius 2 is 1.96 bits per heavy atom. The average Bonchev–Trinajstić information content (AvgIpc) is 2.58. The van der Waals surface area contributed by atoms with E-state index >= 15 is 0 Å². The Bertz CT molecular complexity index is 941. The van der Waals surface area contributed by atoms with Gasteiger partial charge in [0.25, 0.3) is 5.91 Å². The number of carbonyl (C=O) groups excluding carboxylic acids is 2. The molecule has 0 radical (unpaired) electrons. The highest BCUT2D eigenvalue weighted by Gasteiger charge is 2.41. The number of amides is 2. The molecule has 2 aromatic carbocycles. The maximum absolute atomic E-state index is 12.8. The quantitative estimate of drug-likeness (QED) is 0.838. The van der Waals surface area contributed by atoms with Crippen molar-refractivity contribution in [2.24, 2.45) is 0 Å². The van der Waals surface area contributed by atoms with Gasteiger partial charge in [-0.2, -0.15) is 0 Å². The van der Waals surface area contributed by atoms with Crippen molar-refractivity contribution >= 4 is 40.8 Å². The van der Waals surface area contributed by atoms with Crippen molar-refractivity contribution in [2.45, 2.75) is 19.4 Å². The number of hydrogen-bond acceptors (Lipinski definition) is 4. The first kappa shape index (κ1) is 18.7. The minimum Gasteiger partial charge on any atom is -0.478 e. The van der Waals surface area contributed by atoms with Gasteiger partial charge in [0.15, 0.2) is 5.60 Å². The van der Waals surface area contributed by atoms with Crippen molar-refractivity contribution in [3.63, 3.8) is 0 Å². The van der Waals surface area contributed by atoms with Crippen LogP contribution in [0.4, 0.5) is 11.4 Å². The molecule has 3 rings (SSSR count). The van der Waals surface area contributed by atoms with Gasteiger partial charge < -0.3 is 15.2 Å². The predicted octanol–water partition coefficient (Wildman–Crippen LogP) is 3.18. The van der Waals surface area contributed by atoms with Crippen molar-refractivity contribution in [3.8, 4) is 5.75 Å². The van der Waals surface area contributed by atoms with Crippen LogP contribution in [0.15, 0.2) is 42.5 Å². The lowest BCUT2D eigenvalue weighted by Crippen LogP contribution is -2.54. The number of ether oxygens (including phenoxy) is 1. The summed E-state index contributed by atoms with van der Waals surface area (Å²) in [7, 11) is 0. The molecule has 2 amide bonds. The predicted molar refractivity (Wildman–Crippen MR) is 101 cm³/mol. The molecular weight excluding hydrogens is 372 g/mol. The molecule has 0 bridgehead atoms. The van der Waals surface area contributed by atoms with Crippen LogP contribution in [-0.2, 0) is 9.59 Å². The highest BCUT2D eigenvalue weighted by atomic mass is 35.5. The number of carboxylic acid groups (broad SMARTS) is 1. The summed E-state index contributed by atoms with van der Waals surface area (Å²) in [6.45, 7) is 2.88. The van der Waals surface area contributed by atoms with E-state index in [0.29, 0.717) is 16.5 Å². The molecule has 1 heterocycles. The summed E-state index contributed by atoms with van der Waals surface area (Å²) in [5.74, 6) is -1.70. The molecule has 0 saturated heterocycles. The zero-order valence-electron chi connectivity index (χ0n) is 14.7. The molecule has 0 spiro atoms. The number of nitrogens with one attached hydrogen (secondary N) is 1. The summed E-state index contributed by atoms with van der Waals surface area (Å²) < 4.78 is 5.68. The maximum atomic E-state index is 12.8. The minimum absolute atomic E-state index is 0.00916. The lowest BCUT2D eigenvalue weighted by Gasteiger charge is -2.38. The summed E-state index contributed by atoms with van der Waals surface area (Å²) >= 11 is 5.91. The van der Waals surface area contributed by atoms with Crippen LogP contribution < -0.4 is 15.0 Å². The van der Waals surface area contributed by atoms with E-state index in [1.54, 1.807) is 38.1 Å². The van der Waals surface area contributed by atoms with Gasteiger partial charge in [-0.05, 0) is 50.2 Å². The Kier molecular flexibility index (Phi) is 4.80. The second kappa shape index (κ2) is 6.92. The molecule has 1 aliphatic heterocycles. The zero-order valence-corrected chi connectivity index (χ0v) is 15.4. The maximum Gasteiger partial charge on any atom is 0.335 e. The SMILES string of the molecule is CC1(C)Oc2ccc(C(=O)O)cc2N(CC(=O)Nc2cccc(Cl)c2)C1=O. The Balaban J connectivity index is 1.91. The molecule has 0 unspecified atom stereocenters. The first-order chi connectivity index (χ1) is 12.7. The average molecular weight is 389 g/mol. The standard InChI is InChI=1S/C19H17ClN2O5/c1-19(2)18(26)22(10-16(23)21-13-5-3-4-12(20)9-13)14-8-11(17(24)25)6-7-15(14)27-19/h3-9H,10H2,1-2H3,(H,21,23)(H,24,25). The molecule has 1 aliphatic rings. The van der Waals surface area contributed by atoms with E-state index in [9.17, 15) is 19.5 Å². The Hall–Kier alpha value is -3.06. The molecule has 140 valence electrons. The lowest BCUT2D eigenvalue weighted by molar-refractivity contribution is -0.133. The van der Waals surface area contributed by atoms with Crippen LogP contribution in [0.1, 0.15) is 24.2 Å². The summed E-state index contributed by atoms with van der Waals surface area (Å²) in [4.78, 5) is 37.7. The Morgan fingerprint density at radius 1 is 1.22 bits per heavy atom. The van der Waals surface area contributed by atoms with E-state index < -0.39 is 23.4 Å². The van der Waals surface area contributed by atoms with Gasteiger partial charge in [-0.3, -0.25) is 14.5 Å². The zero-order chi connectivity index (χ0) is 19.8. The van der Waals surface area contributed by atoms with Crippen molar-refractivity contribution in [1.29, 1.82) is 0 Å². The molecule has 2 aromatic rings. The first-order valence-corrected chi connectivity index (χ1v) is 8.49. The van der Waals surface area contributed by atoms with Gasteiger partial charge in [0.1, 0.15) is 12.3 Å². The van der Waals surface area contributed by atoms with Gasteiger partial charge in [-0.1, -0.05) is 17.7 Å². The summed E-state index contributed by atoms with van der Waals surface area (Å²) in [6.07, 6.45) is 0. The second-order valence-corrected chi connectivity index (χ2v) is 6.99. The topological polar surface area (TPSA) is 95.9 Å². The number of rotatable bonds is 4. The number of carboxylic acids is 1. The van der Waals surface area contributed by atoms with Crippen LogP contribution in [-0.4, -0.2) is 35.0 Å². The van der Waals surface area contributed by atoms with Gasteiger partial charge in [-0.25, -0.2) is 4.79 Å². The van der Waals surface area contributed by atoms with E-state index in [0.717, 1.165) is 0 Å².